The molecule has 1 saturated carbocycles. The Bertz CT molecular complexity index is 413. The zero-order valence-electron chi connectivity index (χ0n) is 10.6. The number of hydrogen-bond acceptors (Lipinski definition) is 3. The molecule has 0 radical (unpaired) electrons. The molecule has 1 aromatic heterocycles. The lowest BCUT2D eigenvalue weighted by atomic mass is 9.82. The van der Waals surface area contributed by atoms with Crippen molar-refractivity contribution in [3.05, 3.63) is 22.4 Å². The van der Waals surface area contributed by atoms with Gasteiger partial charge < -0.3 is 5.32 Å². The van der Waals surface area contributed by atoms with Gasteiger partial charge in [0, 0.05) is 5.92 Å². The van der Waals surface area contributed by atoms with Crippen LogP contribution >= 0.6 is 11.3 Å². The molecule has 1 amide bonds. The fourth-order valence-electron chi connectivity index (χ4n) is 2.51. The molecule has 1 fully saturated rings. The summed E-state index contributed by atoms with van der Waals surface area (Å²) in [7, 11) is 0. The highest BCUT2D eigenvalue weighted by atomic mass is 32.1. The van der Waals surface area contributed by atoms with Crippen molar-refractivity contribution in [2.45, 2.75) is 32.6 Å². The number of carbonyl (C=O) groups excluding carboxylic acids is 2. The monoisotopic (exact) mass is 265 g/mol. The van der Waals surface area contributed by atoms with Crippen molar-refractivity contribution in [2.75, 3.05) is 6.54 Å². The Morgan fingerprint density at radius 1 is 1.44 bits per heavy atom. The molecule has 1 aliphatic rings. The summed E-state index contributed by atoms with van der Waals surface area (Å²) in [6.45, 7) is 2.32. The Hall–Kier alpha value is -1.16. The maximum Gasteiger partial charge on any atom is 0.223 e. The fraction of sp³-hybridized carbons (Fsp3) is 0.571. The molecule has 4 heteroatoms. The summed E-state index contributed by atoms with van der Waals surface area (Å²) in [4.78, 5) is 24.4. The van der Waals surface area contributed by atoms with E-state index >= 15 is 0 Å². The van der Waals surface area contributed by atoms with Crippen molar-refractivity contribution in [1.82, 2.24) is 5.32 Å². The highest BCUT2D eigenvalue weighted by molar-refractivity contribution is 7.12. The maximum absolute atomic E-state index is 12.0. The smallest absolute Gasteiger partial charge is 0.223 e. The SMILES string of the molecule is CC1CCCC(C(=O)NCC(=O)c2cccs2)C1. The first-order valence-electron chi connectivity index (χ1n) is 6.51. The number of ketones is 1. The molecule has 1 heterocycles. The molecule has 1 N–H and O–H groups in total. The average Bonchev–Trinajstić information content (AvgIpc) is 2.89. The third-order valence-corrected chi connectivity index (χ3v) is 4.44. The van der Waals surface area contributed by atoms with Crippen molar-refractivity contribution in [2.24, 2.45) is 11.8 Å². The standard InChI is InChI=1S/C14H19NO2S/c1-10-4-2-5-11(8-10)14(17)15-9-12(16)13-6-3-7-18-13/h3,6-7,10-11H,2,4-5,8-9H2,1H3,(H,15,17). The second-order valence-electron chi connectivity index (χ2n) is 5.09. The summed E-state index contributed by atoms with van der Waals surface area (Å²) in [5, 5.41) is 4.65. The minimum absolute atomic E-state index is 0.00204. The molecule has 18 heavy (non-hydrogen) atoms. The predicted molar refractivity (Wildman–Crippen MR) is 72.8 cm³/mol. The van der Waals surface area contributed by atoms with Crippen molar-refractivity contribution < 1.29 is 9.59 Å². The van der Waals surface area contributed by atoms with Gasteiger partial charge in [-0.1, -0.05) is 25.8 Å². The maximum atomic E-state index is 12.0. The molecule has 0 spiro atoms. The van der Waals surface area contributed by atoms with E-state index in [-0.39, 0.29) is 24.2 Å². The summed E-state index contributed by atoms with van der Waals surface area (Å²) >= 11 is 1.42. The Morgan fingerprint density at radius 3 is 2.94 bits per heavy atom. The number of Topliss-reactive ketones (excluding diaryl/α,β-unsaturated/α-hetero) is 1. The Kier molecular flexibility index (Phi) is 4.53. The van der Waals surface area contributed by atoms with E-state index in [1.165, 1.54) is 17.8 Å². The minimum Gasteiger partial charge on any atom is -0.348 e. The Labute approximate surface area is 112 Å². The van der Waals surface area contributed by atoms with Gasteiger partial charge in [0.2, 0.25) is 5.91 Å². The highest BCUT2D eigenvalue weighted by Gasteiger charge is 2.25. The average molecular weight is 265 g/mol. The van der Waals surface area contributed by atoms with Gasteiger partial charge in [0.1, 0.15) is 0 Å². The second kappa shape index (κ2) is 6.14. The highest BCUT2D eigenvalue weighted by Crippen LogP contribution is 2.28. The molecule has 1 aromatic rings. The quantitative estimate of drug-likeness (QED) is 0.851. The van der Waals surface area contributed by atoms with E-state index in [0.29, 0.717) is 10.8 Å². The van der Waals surface area contributed by atoms with E-state index in [2.05, 4.69) is 12.2 Å². The topological polar surface area (TPSA) is 46.2 Å². The first-order chi connectivity index (χ1) is 8.66. The van der Waals surface area contributed by atoms with Gasteiger partial charge in [0.05, 0.1) is 11.4 Å². The molecular formula is C14H19NO2S. The summed E-state index contributed by atoms with van der Waals surface area (Å²) < 4.78 is 0. The summed E-state index contributed by atoms with van der Waals surface area (Å²) in [5.41, 5.74) is 0. The van der Waals surface area contributed by atoms with E-state index in [0.717, 1.165) is 19.3 Å². The van der Waals surface area contributed by atoms with Crippen molar-refractivity contribution in [3.63, 3.8) is 0 Å². The van der Waals surface area contributed by atoms with Crippen LogP contribution in [0, 0.1) is 11.8 Å². The normalized spacial score (nSPS) is 23.6. The van der Waals surface area contributed by atoms with Crippen molar-refractivity contribution in [3.8, 4) is 0 Å². The number of rotatable bonds is 4. The number of nitrogens with one attached hydrogen (secondary N) is 1. The lowest BCUT2D eigenvalue weighted by Crippen LogP contribution is -2.36. The molecule has 2 atom stereocenters. The molecule has 1 aliphatic carbocycles. The van der Waals surface area contributed by atoms with Gasteiger partial charge >= 0.3 is 0 Å². The van der Waals surface area contributed by atoms with E-state index in [1.807, 2.05) is 11.4 Å². The van der Waals surface area contributed by atoms with Crippen LogP contribution in [0.1, 0.15) is 42.3 Å². The van der Waals surface area contributed by atoms with Gasteiger partial charge in [0.15, 0.2) is 5.78 Å². The van der Waals surface area contributed by atoms with Gasteiger partial charge in [-0.2, -0.15) is 0 Å². The van der Waals surface area contributed by atoms with Crippen LogP contribution in [-0.4, -0.2) is 18.2 Å². The predicted octanol–water partition coefficient (Wildman–Crippen LogP) is 2.87. The van der Waals surface area contributed by atoms with Crippen molar-refractivity contribution in [1.29, 1.82) is 0 Å². The van der Waals surface area contributed by atoms with Gasteiger partial charge in [-0.25, -0.2) is 0 Å². The molecule has 0 bridgehead atoms. The van der Waals surface area contributed by atoms with Crippen LogP contribution in [0.5, 0.6) is 0 Å². The van der Waals surface area contributed by atoms with Crippen LogP contribution < -0.4 is 5.32 Å². The number of thiophene rings is 1. The van der Waals surface area contributed by atoms with E-state index in [9.17, 15) is 9.59 Å². The first-order valence-corrected chi connectivity index (χ1v) is 7.39. The van der Waals surface area contributed by atoms with Crippen LogP contribution in [0.2, 0.25) is 0 Å². The lowest BCUT2D eigenvalue weighted by molar-refractivity contribution is -0.126. The molecule has 3 nitrogen and oxygen atoms in total. The van der Waals surface area contributed by atoms with E-state index in [1.54, 1.807) is 6.07 Å². The minimum atomic E-state index is 0.00204. The molecule has 98 valence electrons. The number of carbonyl (C=O) groups is 2. The summed E-state index contributed by atoms with van der Waals surface area (Å²) in [6.07, 6.45) is 4.26. The second-order valence-corrected chi connectivity index (χ2v) is 6.03. The van der Waals surface area contributed by atoms with Crippen LogP contribution in [0.3, 0.4) is 0 Å². The largest absolute Gasteiger partial charge is 0.348 e. The van der Waals surface area contributed by atoms with Crippen LogP contribution in [0.25, 0.3) is 0 Å². The molecular weight excluding hydrogens is 246 g/mol. The molecule has 2 unspecified atom stereocenters. The third-order valence-electron chi connectivity index (χ3n) is 3.53. The molecule has 0 aliphatic heterocycles. The van der Waals surface area contributed by atoms with Gasteiger partial charge in [0.25, 0.3) is 0 Å². The van der Waals surface area contributed by atoms with Crippen LogP contribution in [0.4, 0.5) is 0 Å². The summed E-state index contributed by atoms with van der Waals surface area (Å²) in [5.74, 6) is 0.779. The molecule has 0 aromatic carbocycles. The number of hydrogen-bond donors (Lipinski definition) is 1. The fourth-order valence-corrected chi connectivity index (χ4v) is 3.17. The van der Waals surface area contributed by atoms with Gasteiger partial charge in [-0.05, 0) is 30.2 Å². The molecule has 0 saturated heterocycles. The Balaban J connectivity index is 1.79. The third kappa shape index (κ3) is 3.42. The lowest BCUT2D eigenvalue weighted by Gasteiger charge is -2.25. The Morgan fingerprint density at radius 2 is 2.28 bits per heavy atom. The zero-order valence-corrected chi connectivity index (χ0v) is 11.5. The van der Waals surface area contributed by atoms with E-state index < -0.39 is 0 Å². The van der Waals surface area contributed by atoms with E-state index in [4.69, 9.17) is 0 Å². The number of amides is 1. The van der Waals surface area contributed by atoms with Gasteiger partial charge in [-0.15, -0.1) is 11.3 Å². The van der Waals surface area contributed by atoms with Crippen LogP contribution in [0.15, 0.2) is 17.5 Å². The van der Waals surface area contributed by atoms with Crippen LogP contribution in [-0.2, 0) is 4.79 Å². The van der Waals surface area contributed by atoms with Crippen molar-refractivity contribution >= 4 is 23.0 Å². The molecule has 2 rings (SSSR count). The zero-order chi connectivity index (χ0) is 13.0. The first kappa shape index (κ1) is 13.3. The van der Waals surface area contributed by atoms with Gasteiger partial charge in [-0.3, -0.25) is 9.59 Å². The summed E-state index contributed by atoms with van der Waals surface area (Å²) in [6, 6.07) is 3.64.